The molecule has 8 nitrogen and oxygen atoms in total. The molecule has 3 amide bonds. The van der Waals surface area contributed by atoms with Crippen LogP contribution in [0.25, 0.3) is 0 Å². The van der Waals surface area contributed by atoms with Crippen LogP contribution in [0.5, 0.6) is 0 Å². The van der Waals surface area contributed by atoms with E-state index >= 15 is 0 Å². The van der Waals surface area contributed by atoms with Crippen molar-refractivity contribution in [3.05, 3.63) is 36.2 Å². The van der Waals surface area contributed by atoms with Gasteiger partial charge >= 0.3 is 6.09 Å². The first-order valence-corrected chi connectivity index (χ1v) is 9.93. The largest absolute Gasteiger partial charge is 0.444 e. The van der Waals surface area contributed by atoms with E-state index < -0.39 is 11.6 Å². The van der Waals surface area contributed by atoms with E-state index in [1.807, 2.05) is 39.8 Å². The minimum Gasteiger partial charge on any atom is -0.444 e. The van der Waals surface area contributed by atoms with E-state index in [2.05, 4.69) is 22.1 Å². The van der Waals surface area contributed by atoms with Gasteiger partial charge in [0.1, 0.15) is 11.6 Å². The van der Waals surface area contributed by atoms with Crippen molar-refractivity contribution >= 4 is 17.9 Å². The van der Waals surface area contributed by atoms with Crippen LogP contribution in [0.4, 0.5) is 4.79 Å². The van der Waals surface area contributed by atoms with Crippen molar-refractivity contribution < 1.29 is 19.1 Å². The molecule has 0 aromatic heterocycles. The maximum Gasteiger partial charge on any atom is 0.410 e. The first-order valence-electron chi connectivity index (χ1n) is 9.93. The van der Waals surface area contributed by atoms with E-state index in [0.29, 0.717) is 39.0 Å². The van der Waals surface area contributed by atoms with Gasteiger partial charge in [-0.05, 0) is 52.3 Å². The molecule has 1 unspecified atom stereocenters. The number of carbonyl (C=O) groups excluding carboxylic acids is 3. The number of piperidine rings is 1. The summed E-state index contributed by atoms with van der Waals surface area (Å²) in [6.07, 6.45) is 6.14. The zero-order valence-corrected chi connectivity index (χ0v) is 17.8. The first-order chi connectivity index (χ1) is 13.6. The molecule has 8 heteroatoms. The Labute approximate surface area is 172 Å². The van der Waals surface area contributed by atoms with Crippen LogP contribution in [0, 0.1) is 0 Å². The number of hydrogen-bond acceptors (Lipinski definition) is 6. The highest BCUT2D eigenvalue weighted by atomic mass is 16.6. The van der Waals surface area contributed by atoms with Gasteiger partial charge < -0.3 is 19.9 Å². The van der Waals surface area contributed by atoms with Crippen LogP contribution >= 0.6 is 0 Å². The van der Waals surface area contributed by atoms with E-state index in [1.54, 1.807) is 11.0 Å². The summed E-state index contributed by atoms with van der Waals surface area (Å²) in [5, 5.41) is 5.49. The molecule has 0 aromatic carbocycles. The highest BCUT2D eigenvalue weighted by Crippen LogP contribution is 2.15. The monoisotopic (exact) mass is 404 g/mol. The fourth-order valence-corrected chi connectivity index (χ4v) is 3.14. The second-order valence-corrected chi connectivity index (χ2v) is 8.25. The number of nitrogens with zero attached hydrogens (tertiary/aromatic N) is 2. The molecule has 0 aromatic rings. The molecule has 1 atom stereocenters. The predicted molar refractivity (Wildman–Crippen MR) is 111 cm³/mol. The summed E-state index contributed by atoms with van der Waals surface area (Å²) in [6.45, 7) is 13.9. The van der Waals surface area contributed by atoms with E-state index in [-0.39, 0.29) is 17.9 Å². The fourth-order valence-electron chi connectivity index (χ4n) is 3.14. The number of nitrogens with one attached hydrogen (secondary N) is 2. The van der Waals surface area contributed by atoms with E-state index in [0.717, 1.165) is 11.4 Å². The maximum atomic E-state index is 12.2. The third-order valence-electron chi connectivity index (χ3n) is 4.65. The normalized spacial score (nSPS) is 21.6. The van der Waals surface area contributed by atoms with Crippen molar-refractivity contribution in [2.24, 2.45) is 0 Å². The minimum atomic E-state index is -0.502. The van der Waals surface area contributed by atoms with Crippen molar-refractivity contribution in [3.8, 4) is 0 Å². The van der Waals surface area contributed by atoms with Crippen LogP contribution in [0.1, 0.15) is 40.5 Å². The van der Waals surface area contributed by atoms with Crippen LogP contribution in [0.3, 0.4) is 0 Å². The quantitative estimate of drug-likeness (QED) is 0.537. The van der Waals surface area contributed by atoms with Gasteiger partial charge in [-0.25, -0.2) is 4.79 Å². The second kappa shape index (κ2) is 9.62. The lowest BCUT2D eigenvalue weighted by Crippen LogP contribution is -2.50. The summed E-state index contributed by atoms with van der Waals surface area (Å²) in [5.74, 6) is -0.519. The second-order valence-electron chi connectivity index (χ2n) is 8.25. The SMILES string of the molecule is C=C/C(=C\C=C(/C)NC1CCC(=O)NC1=O)N1CCN(C(=O)OC(C)(C)C)CC1. The number of rotatable bonds is 5. The molecule has 2 heterocycles. The summed E-state index contributed by atoms with van der Waals surface area (Å²) in [4.78, 5) is 39.1. The summed E-state index contributed by atoms with van der Waals surface area (Å²) >= 11 is 0. The van der Waals surface area contributed by atoms with Crippen LogP contribution in [-0.2, 0) is 14.3 Å². The number of ether oxygens (including phenoxy) is 1. The van der Waals surface area contributed by atoms with E-state index in [1.165, 1.54) is 0 Å². The molecule has 2 rings (SSSR count). The number of piperazine rings is 1. The lowest BCUT2D eigenvalue weighted by atomic mass is 10.1. The Morgan fingerprint density at radius 2 is 1.79 bits per heavy atom. The lowest BCUT2D eigenvalue weighted by Gasteiger charge is -2.37. The predicted octanol–water partition coefficient (Wildman–Crippen LogP) is 1.91. The van der Waals surface area contributed by atoms with Gasteiger partial charge in [-0.3, -0.25) is 14.9 Å². The van der Waals surface area contributed by atoms with Crippen LogP contribution in [-0.4, -0.2) is 65.5 Å². The zero-order valence-electron chi connectivity index (χ0n) is 17.8. The molecular weight excluding hydrogens is 372 g/mol. The smallest absolute Gasteiger partial charge is 0.410 e. The Bertz CT molecular complexity index is 713. The third-order valence-corrected chi connectivity index (χ3v) is 4.65. The van der Waals surface area contributed by atoms with E-state index in [9.17, 15) is 14.4 Å². The zero-order chi connectivity index (χ0) is 21.6. The Hall–Kier alpha value is -2.77. The molecule has 2 fully saturated rings. The first kappa shape index (κ1) is 22.5. The van der Waals surface area contributed by atoms with Crippen LogP contribution in [0.15, 0.2) is 36.2 Å². The molecule has 0 saturated carbocycles. The highest BCUT2D eigenvalue weighted by molar-refractivity contribution is 6.00. The highest BCUT2D eigenvalue weighted by Gasteiger charge is 2.27. The molecule has 0 aliphatic carbocycles. The topological polar surface area (TPSA) is 91.0 Å². The number of allylic oxidation sites excluding steroid dienone is 4. The summed E-state index contributed by atoms with van der Waals surface area (Å²) < 4.78 is 5.43. The van der Waals surface area contributed by atoms with E-state index in [4.69, 9.17) is 4.74 Å². The Morgan fingerprint density at radius 3 is 2.34 bits per heavy atom. The average Bonchev–Trinajstić information content (AvgIpc) is 2.63. The maximum absolute atomic E-state index is 12.2. The van der Waals surface area contributed by atoms with Gasteiger partial charge in [0, 0.05) is 44.0 Å². The summed E-state index contributed by atoms with van der Waals surface area (Å²) in [7, 11) is 0. The molecule has 2 saturated heterocycles. The molecule has 2 N–H and O–H groups in total. The van der Waals surface area contributed by atoms with Gasteiger partial charge in [-0.1, -0.05) is 6.58 Å². The fraction of sp³-hybridized carbons (Fsp3) is 0.571. The van der Waals surface area contributed by atoms with Gasteiger partial charge in [0.05, 0.1) is 0 Å². The van der Waals surface area contributed by atoms with Gasteiger partial charge in [0.15, 0.2) is 0 Å². The van der Waals surface area contributed by atoms with Gasteiger partial charge in [-0.15, -0.1) is 0 Å². The molecular formula is C21H32N4O4. The number of amides is 3. The molecule has 29 heavy (non-hydrogen) atoms. The molecule has 2 aliphatic rings. The van der Waals surface area contributed by atoms with Crippen LogP contribution < -0.4 is 10.6 Å². The van der Waals surface area contributed by atoms with Crippen molar-refractivity contribution in [2.45, 2.75) is 52.2 Å². The minimum absolute atomic E-state index is 0.228. The van der Waals surface area contributed by atoms with Crippen molar-refractivity contribution in [1.82, 2.24) is 20.4 Å². The standard InChI is InChI=1S/C21H32N4O4/c1-6-16(8-7-15(2)22-17-9-10-18(26)23-19(17)27)24-11-13-25(14-12-24)20(28)29-21(3,4)5/h6-8,17,22H,1,9-14H2,2-5H3,(H,23,26,27)/b15-7+,16-8+. The van der Waals surface area contributed by atoms with Crippen molar-refractivity contribution in [3.63, 3.8) is 0 Å². The molecule has 2 aliphatic heterocycles. The summed E-state index contributed by atoms with van der Waals surface area (Å²) in [6, 6.07) is -0.401. The molecule has 0 spiro atoms. The Morgan fingerprint density at radius 1 is 1.17 bits per heavy atom. The molecule has 0 radical (unpaired) electrons. The summed E-state index contributed by atoms with van der Waals surface area (Å²) in [5.41, 5.74) is 1.27. The van der Waals surface area contributed by atoms with Crippen LogP contribution in [0.2, 0.25) is 0 Å². The molecule has 0 bridgehead atoms. The number of hydrogen-bond donors (Lipinski definition) is 2. The van der Waals surface area contributed by atoms with Gasteiger partial charge in [0.2, 0.25) is 11.8 Å². The number of carbonyl (C=O) groups is 3. The average molecular weight is 405 g/mol. The Kier molecular flexibility index (Phi) is 7.47. The van der Waals surface area contributed by atoms with Crippen molar-refractivity contribution in [2.75, 3.05) is 26.2 Å². The Balaban J connectivity index is 1.90. The number of imide groups is 1. The lowest BCUT2D eigenvalue weighted by molar-refractivity contribution is -0.134. The molecule has 160 valence electrons. The van der Waals surface area contributed by atoms with Gasteiger partial charge in [0.25, 0.3) is 0 Å². The third kappa shape index (κ3) is 6.96. The van der Waals surface area contributed by atoms with Crippen molar-refractivity contribution in [1.29, 1.82) is 0 Å². The van der Waals surface area contributed by atoms with Gasteiger partial charge in [-0.2, -0.15) is 0 Å².